The zero-order valence-corrected chi connectivity index (χ0v) is 12.1. The first-order valence-corrected chi connectivity index (χ1v) is 7.09. The van der Waals surface area contributed by atoms with Crippen LogP contribution in [0.15, 0.2) is 18.3 Å². The molecule has 1 aromatic rings. The van der Waals surface area contributed by atoms with Gasteiger partial charge in [-0.25, -0.2) is 4.98 Å². The standard InChI is InChI=1S/C15H21N3O2/c1-11-7-6-10-16-13(11)17-14(19)15(20)18(2)12-8-4-3-5-9-12/h6-7,10,12H,3-5,8-9H2,1-2H3,(H,16,17,19). The van der Waals surface area contributed by atoms with Crippen LogP contribution in [0, 0.1) is 6.92 Å². The Kier molecular flexibility index (Phi) is 4.71. The van der Waals surface area contributed by atoms with E-state index in [2.05, 4.69) is 10.3 Å². The third-order valence-corrected chi connectivity index (χ3v) is 3.88. The molecule has 0 bridgehead atoms. The number of likely N-dealkylation sites (N-methyl/N-ethyl adjacent to an activating group) is 1. The number of carbonyl (C=O) groups excluding carboxylic acids is 2. The largest absolute Gasteiger partial charge is 0.335 e. The molecule has 20 heavy (non-hydrogen) atoms. The van der Waals surface area contributed by atoms with Crippen LogP contribution in [0.3, 0.4) is 0 Å². The van der Waals surface area contributed by atoms with E-state index in [1.165, 1.54) is 6.42 Å². The maximum Gasteiger partial charge on any atom is 0.315 e. The van der Waals surface area contributed by atoms with Crippen molar-refractivity contribution < 1.29 is 9.59 Å². The van der Waals surface area contributed by atoms with Crippen LogP contribution >= 0.6 is 0 Å². The Morgan fingerprint density at radius 2 is 2.00 bits per heavy atom. The molecule has 5 nitrogen and oxygen atoms in total. The molecule has 108 valence electrons. The van der Waals surface area contributed by atoms with Crippen LogP contribution in [0.4, 0.5) is 5.82 Å². The number of nitrogens with zero attached hydrogens (tertiary/aromatic N) is 2. The molecule has 0 spiro atoms. The van der Waals surface area contributed by atoms with Gasteiger partial charge in [-0.15, -0.1) is 0 Å². The van der Waals surface area contributed by atoms with Gasteiger partial charge in [0.15, 0.2) is 0 Å². The first-order chi connectivity index (χ1) is 9.59. The minimum atomic E-state index is -0.611. The van der Waals surface area contributed by atoms with E-state index in [9.17, 15) is 9.59 Å². The lowest BCUT2D eigenvalue weighted by Gasteiger charge is -2.30. The first-order valence-electron chi connectivity index (χ1n) is 7.09. The fourth-order valence-electron chi connectivity index (χ4n) is 2.57. The predicted octanol–water partition coefficient (Wildman–Crippen LogP) is 2.12. The third-order valence-electron chi connectivity index (χ3n) is 3.88. The monoisotopic (exact) mass is 275 g/mol. The smallest absolute Gasteiger partial charge is 0.315 e. The molecule has 2 amide bonds. The summed E-state index contributed by atoms with van der Waals surface area (Å²) in [4.78, 5) is 29.8. The predicted molar refractivity (Wildman–Crippen MR) is 77.2 cm³/mol. The van der Waals surface area contributed by atoms with Crippen molar-refractivity contribution in [3.63, 3.8) is 0 Å². The number of pyridine rings is 1. The molecule has 5 heteroatoms. The number of nitrogens with one attached hydrogen (secondary N) is 1. The Morgan fingerprint density at radius 3 is 2.65 bits per heavy atom. The molecule has 1 aliphatic carbocycles. The van der Waals surface area contributed by atoms with Crippen molar-refractivity contribution in [2.45, 2.75) is 45.1 Å². The minimum Gasteiger partial charge on any atom is -0.335 e. The van der Waals surface area contributed by atoms with Crippen LogP contribution < -0.4 is 5.32 Å². The number of hydrogen-bond donors (Lipinski definition) is 1. The number of amides is 2. The number of hydrogen-bond acceptors (Lipinski definition) is 3. The fraction of sp³-hybridized carbons (Fsp3) is 0.533. The molecule has 0 unspecified atom stereocenters. The van der Waals surface area contributed by atoms with Gasteiger partial charge in [0, 0.05) is 19.3 Å². The van der Waals surface area contributed by atoms with Crippen LogP contribution in [-0.2, 0) is 9.59 Å². The highest BCUT2D eigenvalue weighted by molar-refractivity contribution is 6.39. The van der Waals surface area contributed by atoms with Gasteiger partial charge in [-0.2, -0.15) is 0 Å². The number of aromatic nitrogens is 1. The van der Waals surface area contributed by atoms with E-state index in [1.54, 1.807) is 24.2 Å². The SMILES string of the molecule is Cc1cccnc1NC(=O)C(=O)N(C)C1CCCCC1. The maximum absolute atomic E-state index is 12.1. The summed E-state index contributed by atoms with van der Waals surface area (Å²) < 4.78 is 0. The Balaban J connectivity index is 1.98. The second-order valence-corrected chi connectivity index (χ2v) is 5.33. The topological polar surface area (TPSA) is 62.3 Å². The fourth-order valence-corrected chi connectivity index (χ4v) is 2.57. The summed E-state index contributed by atoms with van der Waals surface area (Å²) in [5.41, 5.74) is 0.842. The first kappa shape index (κ1) is 14.5. The lowest BCUT2D eigenvalue weighted by molar-refractivity contribution is -0.144. The molecular weight excluding hydrogens is 254 g/mol. The van der Waals surface area contributed by atoms with E-state index >= 15 is 0 Å². The second-order valence-electron chi connectivity index (χ2n) is 5.33. The lowest BCUT2D eigenvalue weighted by Crippen LogP contribution is -2.44. The highest BCUT2D eigenvalue weighted by Crippen LogP contribution is 2.21. The van der Waals surface area contributed by atoms with Gasteiger partial charge in [-0.05, 0) is 31.4 Å². The molecule has 1 fully saturated rings. The summed E-state index contributed by atoms with van der Waals surface area (Å²) in [5.74, 6) is -0.648. The summed E-state index contributed by atoms with van der Waals surface area (Å²) in [5, 5.41) is 2.59. The van der Waals surface area contributed by atoms with Crippen molar-refractivity contribution >= 4 is 17.6 Å². The van der Waals surface area contributed by atoms with E-state index in [1.807, 2.05) is 13.0 Å². The van der Waals surface area contributed by atoms with Gasteiger partial charge < -0.3 is 10.2 Å². The summed E-state index contributed by atoms with van der Waals surface area (Å²) in [6.45, 7) is 1.85. The maximum atomic E-state index is 12.1. The normalized spacial score (nSPS) is 15.7. The van der Waals surface area contributed by atoms with Crippen molar-refractivity contribution in [2.75, 3.05) is 12.4 Å². The average Bonchev–Trinajstić information content (AvgIpc) is 2.49. The van der Waals surface area contributed by atoms with E-state index < -0.39 is 11.8 Å². The summed E-state index contributed by atoms with van der Waals surface area (Å²) in [7, 11) is 1.71. The Bertz CT molecular complexity index is 496. The molecule has 1 aliphatic rings. The van der Waals surface area contributed by atoms with Crippen molar-refractivity contribution in [3.05, 3.63) is 23.9 Å². The van der Waals surface area contributed by atoms with Gasteiger partial charge in [0.2, 0.25) is 0 Å². The Morgan fingerprint density at radius 1 is 1.30 bits per heavy atom. The zero-order chi connectivity index (χ0) is 14.5. The molecule has 1 heterocycles. The molecule has 1 saturated carbocycles. The number of anilines is 1. The van der Waals surface area contributed by atoms with Gasteiger partial charge in [0.1, 0.15) is 5.82 Å². The Labute approximate surface area is 119 Å². The third kappa shape index (κ3) is 3.35. The highest BCUT2D eigenvalue weighted by Gasteiger charge is 2.26. The van der Waals surface area contributed by atoms with E-state index in [-0.39, 0.29) is 6.04 Å². The van der Waals surface area contributed by atoms with Crippen LogP contribution in [0.1, 0.15) is 37.7 Å². The van der Waals surface area contributed by atoms with Gasteiger partial charge >= 0.3 is 11.8 Å². The highest BCUT2D eigenvalue weighted by atomic mass is 16.2. The van der Waals surface area contributed by atoms with Gasteiger partial charge in [-0.1, -0.05) is 25.3 Å². The summed E-state index contributed by atoms with van der Waals surface area (Å²) >= 11 is 0. The molecular formula is C15H21N3O2. The van der Waals surface area contributed by atoms with E-state index in [0.29, 0.717) is 5.82 Å². The van der Waals surface area contributed by atoms with Crippen LogP contribution in [0.25, 0.3) is 0 Å². The minimum absolute atomic E-state index is 0.187. The zero-order valence-electron chi connectivity index (χ0n) is 12.1. The number of aryl methyl sites for hydroxylation is 1. The van der Waals surface area contributed by atoms with Gasteiger partial charge in [0.25, 0.3) is 0 Å². The van der Waals surface area contributed by atoms with Crippen molar-refractivity contribution in [1.82, 2.24) is 9.88 Å². The number of rotatable bonds is 2. The van der Waals surface area contributed by atoms with Crippen LogP contribution in [0.5, 0.6) is 0 Å². The quantitative estimate of drug-likeness (QED) is 0.841. The van der Waals surface area contributed by atoms with Crippen molar-refractivity contribution in [3.8, 4) is 0 Å². The van der Waals surface area contributed by atoms with Crippen molar-refractivity contribution in [2.24, 2.45) is 0 Å². The van der Waals surface area contributed by atoms with E-state index in [4.69, 9.17) is 0 Å². The Hall–Kier alpha value is -1.91. The second kappa shape index (κ2) is 6.50. The number of carbonyl (C=O) groups is 2. The van der Waals surface area contributed by atoms with Gasteiger partial charge in [0.05, 0.1) is 0 Å². The molecule has 0 atom stereocenters. The molecule has 1 N–H and O–H groups in total. The summed E-state index contributed by atoms with van der Waals surface area (Å²) in [6.07, 6.45) is 7.04. The molecule has 0 aromatic carbocycles. The molecule has 0 aliphatic heterocycles. The lowest BCUT2D eigenvalue weighted by atomic mass is 9.94. The average molecular weight is 275 g/mol. The van der Waals surface area contributed by atoms with E-state index in [0.717, 1.165) is 31.2 Å². The van der Waals surface area contributed by atoms with Crippen LogP contribution in [0.2, 0.25) is 0 Å². The van der Waals surface area contributed by atoms with Gasteiger partial charge in [-0.3, -0.25) is 9.59 Å². The molecule has 0 radical (unpaired) electrons. The summed E-state index contributed by atoms with van der Waals surface area (Å²) in [6, 6.07) is 3.82. The van der Waals surface area contributed by atoms with Crippen LogP contribution in [-0.4, -0.2) is 34.8 Å². The molecule has 2 rings (SSSR count). The molecule has 1 aromatic heterocycles. The molecule has 0 saturated heterocycles. The van der Waals surface area contributed by atoms with Crippen molar-refractivity contribution in [1.29, 1.82) is 0 Å².